The fourth-order valence-electron chi connectivity index (χ4n) is 3.01. The molecule has 1 heterocycles. The maximum atomic E-state index is 11.6. The van der Waals surface area contributed by atoms with Crippen LogP contribution in [0.2, 0.25) is 0 Å². The highest BCUT2D eigenvalue weighted by Gasteiger charge is 2.26. The number of carbonyl (C=O) groups is 1. The lowest BCUT2D eigenvalue weighted by Gasteiger charge is -2.18. The number of carboxylic acids is 1. The molecule has 0 amide bonds. The Morgan fingerprint density at radius 1 is 1.29 bits per heavy atom. The minimum atomic E-state index is -0.981. The molecular formula is C15H23N3O3. The molecule has 1 saturated carbocycles. The van der Waals surface area contributed by atoms with E-state index in [1.807, 2.05) is 13.8 Å². The lowest BCUT2D eigenvalue weighted by Crippen LogP contribution is -2.24. The number of carboxylic acid groups (broad SMARTS) is 1. The molecule has 2 unspecified atom stereocenters. The molecule has 116 valence electrons. The number of nitrogens with one attached hydrogen (secondary N) is 1. The van der Waals surface area contributed by atoms with E-state index in [-0.39, 0.29) is 17.6 Å². The van der Waals surface area contributed by atoms with Gasteiger partial charge < -0.3 is 15.5 Å². The second-order valence-corrected chi connectivity index (χ2v) is 5.50. The average Bonchev–Trinajstić information content (AvgIpc) is 2.88. The molecule has 1 aromatic heterocycles. The number of aliphatic hydroxyl groups is 1. The van der Waals surface area contributed by atoms with Crippen molar-refractivity contribution in [3.05, 3.63) is 16.8 Å². The van der Waals surface area contributed by atoms with Crippen molar-refractivity contribution in [1.82, 2.24) is 10.2 Å². The van der Waals surface area contributed by atoms with Gasteiger partial charge in [-0.15, -0.1) is 5.10 Å². The van der Waals surface area contributed by atoms with Crippen LogP contribution in [0.3, 0.4) is 0 Å². The SMILES string of the molecule is CCc1nnc(NCC2CCCC2O)c(C(=O)O)c1CC. The predicted molar refractivity (Wildman–Crippen MR) is 79.6 cm³/mol. The summed E-state index contributed by atoms with van der Waals surface area (Å²) in [6.45, 7) is 4.40. The number of nitrogens with zero attached hydrogens (tertiary/aromatic N) is 2. The summed E-state index contributed by atoms with van der Waals surface area (Å²) in [6, 6.07) is 0. The third kappa shape index (κ3) is 3.32. The van der Waals surface area contributed by atoms with Gasteiger partial charge in [0, 0.05) is 12.5 Å². The van der Waals surface area contributed by atoms with E-state index in [9.17, 15) is 15.0 Å². The van der Waals surface area contributed by atoms with Gasteiger partial charge in [-0.05, 0) is 31.2 Å². The lowest BCUT2D eigenvalue weighted by atomic mass is 10.0. The van der Waals surface area contributed by atoms with E-state index in [0.29, 0.717) is 25.2 Å². The summed E-state index contributed by atoms with van der Waals surface area (Å²) in [7, 11) is 0. The molecule has 21 heavy (non-hydrogen) atoms. The first kappa shape index (κ1) is 15.7. The molecule has 0 bridgehead atoms. The van der Waals surface area contributed by atoms with Crippen LogP contribution in [0.25, 0.3) is 0 Å². The van der Waals surface area contributed by atoms with E-state index in [4.69, 9.17) is 0 Å². The molecule has 0 aliphatic heterocycles. The van der Waals surface area contributed by atoms with Gasteiger partial charge in [-0.1, -0.05) is 20.3 Å². The molecule has 1 aliphatic carbocycles. The summed E-state index contributed by atoms with van der Waals surface area (Å²) >= 11 is 0. The summed E-state index contributed by atoms with van der Waals surface area (Å²) < 4.78 is 0. The normalized spacial score (nSPS) is 21.5. The van der Waals surface area contributed by atoms with Crippen molar-refractivity contribution in [2.45, 2.75) is 52.1 Å². The van der Waals surface area contributed by atoms with Crippen molar-refractivity contribution in [3.8, 4) is 0 Å². The number of rotatable bonds is 6. The molecule has 1 aromatic rings. The van der Waals surface area contributed by atoms with Gasteiger partial charge in [-0.2, -0.15) is 5.10 Å². The van der Waals surface area contributed by atoms with Gasteiger partial charge in [0.2, 0.25) is 0 Å². The summed E-state index contributed by atoms with van der Waals surface area (Å²) in [5.74, 6) is -0.508. The van der Waals surface area contributed by atoms with Gasteiger partial charge in [0.25, 0.3) is 0 Å². The van der Waals surface area contributed by atoms with Crippen molar-refractivity contribution in [3.63, 3.8) is 0 Å². The van der Waals surface area contributed by atoms with Crippen molar-refractivity contribution >= 4 is 11.8 Å². The number of aliphatic hydroxyl groups excluding tert-OH is 1. The summed E-state index contributed by atoms with van der Waals surface area (Å²) in [5.41, 5.74) is 1.70. The third-order valence-electron chi connectivity index (χ3n) is 4.21. The molecule has 0 aromatic carbocycles. The highest BCUT2D eigenvalue weighted by Crippen LogP contribution is 2.27. The molecule has 2 rings (SSSR count). The van der Waals surface area contributed by atoms with E-state index >= 15 is 0 Å². The number of aryl methyl sites for hydroxylation is 1. The second-order valence-electron chi connectivity index (χ2n) is 5.50. The molecular weight excluding hydrogens is 270 g/mol. The summed E-state index contributed by atoms with van der Waals surface area (Å²) in [4.78, 5) is 11.6. The topological polar surface area (TPSA) is 95.3 Å². The number of anilines is 1. The largest absolute Gasteiger partial charge is 0.478 e. The smallest absolute Gasteiger partial charge is 0.339 e. The zero-order chi connectivity index (χ0) is 15.4. The fraction of sp³-hybridized carbons (Fsp3) is 0.667. The molecule has 6 heteroatoms. The predicted octanol–water partition coefficient (Wildman–Crippen LogP) is 1.87. The molecule has 0 saturated heterocycles. The van der Waals surface area contributed by atoms with Crippen LogP contribution in [0.1, 0.15) is 54.7 Å². The molecule has 1 fully saturated rings. The van der Waals surface area contributed by atoms with Crippen LogP contribution in [-0.2, 0) is 12.8 Å². The Hall–Kier alpha value is -1.69. The van der Waals surface area contributed by atoms with E-state index in [1.54, 1.807) is 0 Å². The standard InChI is InChI=1S/C15H23N3O3/c1-3-10-11(4-2)17-18-14(13(10)15(20)21)16-8-9-6-5-7-12(9)19/h9,12,19H,3-8H2,1-2H3,(H,16,18)(H,20,21). The van der Waals surface area contributed by atoms with Crippen molar-refractivity contribution in [2.24, 2.45) is 5.92 Å². The maximum absolute atomic E-state index is 11.6. The van der Waals surface area contributed by atoms with Crippen molar-refractivity contribution in [1.29, 1.82) is 0 Å². The van der Waals surface area contributed by atoms with Gasteiger partial charge in [0.1, 0.15) is 5.56 Å². The van der Waals surface area contributed by atoms with Gasteiger partial charge >= 0.3 is 5.97 Å². The summed E-state index contributed by atoms with van der Waals surface area (Å²) in [6.07, 6.45) is 3.76. The maximum Gasteiger partial charge on any atom is 0.339 e. The van der Waals surface area contributed by atoms with Crippen LogP contribution in [0.5, 0.6) is 0 Å². The van der Waals surface area contributed by atoms with Crippen LogP contribution in [0.4, 0.5) is 5.82 Å². The second kappa shape index (κ2) is 6.85. The summed E-state index contributed by atoms with van der Waals surface area (Å²) in [5, 5.41) is 30.6. The van der Waals surface area contributed by atoms with Crippen LogP contribution in [-0.4, -0.2) is 39.0 Å². The molecule has 2 atom stereocenters. The van der Waals surface area contributed by atoms with Gasteiger partial charge in [-0.3, -0.25) is 0 Å². The molecule has 1 aliphatic rings. The van der Waals surface area contributed by atoms with E-state index in [1.165, 1.54) is 0 Å². The number of hydrogen-bond donors (Lipinski definition) is 3. The highest BCUT2D eigenvalue weighted by molar-refractivity contribution is 5.95. The number of aromatic nitrogens is 2. The Balaban J connectivity index is 2.24. The Morgan fingerprint density at radius 3 is 2.57 bits per heavy atom. The first-order valence-electron chi connectivity index (χ1n) is 7.62. The van der Waals surface area contributed by atoms with Gasteiger partial charge in [0.15, 0.2) is 5.82 Å². The minimum Gasteiger partial charge on any atom is -0.478 e. The van der Waals surface area contributed by atoms with Gasteiger partial charge in [0.05, 0.1) is 11.8 Å². The molecule has 0 radical (unpaired) electrons. The van der Waals surface area contributed by atoms with Crippen LogP contribution >= 0.6 is 0 Å². The zero-order valence-corrected chi connectivity index (χ0v) is 12.6. The Morgan fingerprint density at radius 2 is 2.05 bits per heavy atom. The van der Waals surface area contributed by atoms with Crippen molar-refractivity contribution < 1.29 is 15.0 Å². The van der Waals surface area contributed by atoms with Gasteiger partial charge in [-0.25, -0.2) is 4.79 Å². The first-order valence-corrected chi connectivity index (χ1v) is 7.62. The van der Waals surface area contributed by atoms with Crippen LogP contribution < -0.4 is 5.32 Å². The Labute approximate surface area is 124 Å². The molecule has 3 N–H and O–H groups in total. The fourth-order valence-corrected chi connectivity index (χ4v) is 3.01. The van der Waals surface area contributed by atoms with E-state index in [0.717, 1.165) is 30.5 Å². The third-order valence-corrected chi connectivity index (χ3v) is 4.21. The monoisotopic (exact) mass is 293 g/mol. The Bertz CT molecular complexity index is 519. The quantitative estimate of drug-likeness (QED) is 0.741. The van der Waals surface area contributed by atoms with Crippen LogP contribution in [0, 0.1) is 5.92 Å². The highest BCUT2D eigenvalue weighted by atomic mass is 16.4. The van der Waals surface area contributed by atoms with E-state index in [2.05, 4.69) is 15.5 Å². The van der Waals surface area contributed by atoms with E-state index < -0.39 is 5.97 Å². The lowest BCUT2D eigenvalue weighted by molar-refractivity contribution is 0.0696. The number of hydrogen-bond acceptors (Lipinski definition) is 5. The average molecular weight is 293 g/mol. The first-order chi connectivity index (χ1) is 10.1. The Kier molecular flexibility index (Phi) is 5.12. The zero-order valence-electron chi connectivity index (χ0n) is 12.6. The molecule has 0 spiro atoms. The number of aromatic carboxylic acids is 1. The minimum absolute atomic E-state index is 0.157. The van der Waals surface area contributed by atoms with Crippen LogP contribution in [0.15, 0.2) is 0 Å². The molecule has 6 nitrogen and oxygen atoms in total. The van der Waals surface area contributed by atoms with Crippen molar-refractivity contribution in [2.75, 3.05) is 11.9 Å².